The second kappa shape index (κ2) is 5.54. The van der Waals surface area contributed by atoms with Gasteiger partial charge in [-0.05, 0) is 6.07 Å². The molecule has 1 aliphatic rings. The molecule has 1 aliphatic heterocycles. The summed E-state index contributed by atoms with van der Waals surface area (Å²) in [4.78, 5) is 19.9. The van der Waals surface area contributed by atoms with Gasteiger partial charge in [-0.2, -0.15) is 0 Å². The molecule has 1 heterocycles. The number of carbonyl (C=O) groups excluding carboxylic acids is 1. The Balaban J connectivity index is 2.05. The quantitative estimate of drug-likeness (QED) is 0.735. The van der Waals surface area contributed by atoms with Gasteiger partial charge >= 0.3 is 0 Å². The average molecular weight is 271 g/mol. The fourth-order valence-electron chi connectivity index (χ4n) is 2.45. The molecule has 2 rings (SSSR count). The second-order valence-electron chi connectivity index (χ2n) is 6.13. The van der Waals surface area contributed by atoms with Gasteiger partial charge in [-0.15, -0.1) is 0 Å². The van der Waals surface area contributed by atoms with E-state index in [0.717, 1.165) is 31.9 Å². The van der Waals surface area contributed by atoms with Gasteiger partial charge < -0.3 is 9.80 Å². The lowest BCUT2D eigenvalue weighted by atomic mass is 9.94. The van der Waals surface area contributed by atoms with Crippen molar-refractivity contribution in [3.63, 3.8) is 0 Å². The number of hydrogen-bond acceptors (Lipinski definition) is 2. The smallest absolute Gasteiger partial charge is 0.228 e. The number of hydrogen-bond donors (Lipinski definition) is 0. The Morgan fingerprint density at radius 2 is 1.75 bits per heavy atom. The third-order valence-corrected chi connectivity index (χ3v) is 3.55. The van der Waals surface area contributed by atoms with Crippen LogP contribution in [-0.4, -0.2) is 37.0 Å². The first-order valence-corrected chi connectivity index (χ1v) is 6.94. The molecule has 1 aromatic rings. The summed E-state index contributed by atoms with van der Waals surface area (Å²) in [5.41, 5.74) is 1.34. The predicted molar refractivity (Wildman–Crippen MR) is 81.0 cm³/mol. The Kier molecular flexibility index (Phi) is 3.99. The van der Waals surface area contributed by atoms with Gasteiger partial charge in [0.25, 0.3) is 0 Å². The topological polar surface area (TPSA) is 27.9 Å². The third kappa shape index (κ3) is 2.93. The van der Waals surface area contributed by atoms with Crippen LogP contribution in [0.1, 0.15) is 20.8 Å². The first kappa shape index (κ1) is 14.4. The number of piperazine rings is 1. The van der Waals surface area contributed by atoms with E-state index < -0.39 is 0 Å². The SMILES string of the molecule is [C-]#[N+]c1ccccc1N1CCN(C(=O)C(C)(C)C)CC1. The molecule has 106 valence electrons. The molecule has 0 unspecified atom stereocenters. The van der Waals surface area contributed by atoms with Crippen LogP contribution >= 0.6 is 0 Å². The molecule has 0 aliphatic carbocycles. The van der Waals surface area contributed by atoms with Crippen molar-refractivity contribution in [2.24, 2.45) is 5.41 Å². The van der Waals surface area contributed by atoms with Gasteiger partial charge in [-0.3, -0.25) is 4.79 Å². The molecule has 1 fully saturated rings. The molecular formula is C16H21N3O. The van der Waals surface area contributed by atoms with Gasteiger partial charge in [0.1, 0.15) is 0 Å². The predicted octanol–water partition coefficient (Wildman–Crippen LogP) is 2.93. The Hall–Kier alpha value is -2.02. The minimum absolute atomic E-state index is 0.204. The minimum Gasteiger partial charge on any atom is -0.377 e. The van der Waals surface area contributed by atoms with Gasteiger partial charge in [0.15, 0.2) is 0 Å². The summed E-state index contributed by atoms with van der Waals surface area (Å²) in [5, 5.41) is 0. The van der Waals surface area contributed by atoms with Gasteiger partial charge in [-0.25, -0.2) is 4.85 Å². The highest BCUT2D eigenvalue weighted by molar-refractivity contribution is 5.82. The maximum atomic E-state index is 12.2. The molecule has 0 radical (unpaired) electrons. The molecule has 1 saturated heterocycles. The fraction of sp³-hybridized carbons (Fsp3) is 0.500. The first-order chi connectivity index (χ1) is 9.43. The van der Waals surface area contributed by atoms with Crippen molar-refractivity contribution in [2.75, 3.05) is 31.1 Å². The van der Waals surface area contributed by atoms with E-state index >= 15 is 0 Å². The van der Waals surface area contributed by atoms with E-state index in [1.807, 2.05) is 49.9 Å². The minimum atomic E-state index is -0.323. The number of benzene rings is 1. The van der Waals surface area contributed by atoms with Crippen molar-refractivity contribution in [2.45, 2.75) is 20.8 Å². The van der Waals surface area contributed by atoms with Crippen LogP contribution in [0.25, 0.3) is 4.85 Å². The number of rotatable bonds is 1. The molecule has 20 heavy (non-hydrogen) atoms. The van der Waals surface area contributed by atoms with E-state index in [4.69, 9.17) is 6.57 Å². The number of para-hydroxylation sites is 2. The molecule has 1 aromatic carbocycles. The monoisotopic (exact) mass is 271 g/mol. The summed E-state index contributed by atoms with van der Waals surface area (Å²) < 4.78 is 0. The van der Waals surface area contributed by atoms with Crippen LogP contribution in [0.15, 0.2) is 24.3 Å². The zero-order chi connectivity index (χ0) is 14.8. The molecule has 4 nitrogen and oxygen atoms in total. The normalized spacial score (nSPS) is 15.9. The Labute approximate surface area is 120 Å². The third-order valence-electron chi connectivity index (χ3n) is 3.55. The number of anilines is 1. The van der Waals surface area contributed by atoms with Crippen molar-refractivity contribution >= 4 is 17.3 Å². The van der Waals surface area contributed by atoms with Crippen LogP contribution in [0.4, 0.5) is 11.4 Å². The van der Waals surface area contributed by atoms with Crippen molar-refractivity contribution in [3.8, 4) is 0 Å². The molecular weight excluding hydrogens is 250 g/mol. The molecule has 0 spiro atoms. The second-order valence-corrected chi connectivity index (χ2v) is 6.13. The van der Waals surface area contributed by atoms with Crippen molar-refractivity contribution in [3.05, 3.63) is 35.7 Å². The van der Waals surface area contributed by atoms with E-state index in [9.17, 15) is 4.79 Å². The molecule has 4 heteroatoms. The first-order valence-electron chi connectivity index (χ1n) is 6.94. The molecule has 0 aromatic heterocycles. The van der Waals surface area contributed by atoms with Crippen LogP contribution < -0.4 is 4.90 Å². The molecule has 1 amide bonds. The van der Waals surface area contributed by atoms with Gasteiger partial charge in [0.05, 0.1) is 6.57 Å². The maximum Gasteiger partial charge on any atom is 0.228 e. The zero-order valence-electron chi connectivity index (χ0n) is 12.4. The number of carbonyl (C=O) groups is 1. The van der Waals surface area contributed by atoms with Crippen molar-refractivity contribution in [1.82, 2.24) is 4.90 Å². The highest BCUT2D eigenvalue weighted by atomic mass is 16.2. The standard InChI is InChI=1S/C16H21N3O/c1-16(2,3)15(20)19-11-9-18(10-12-19)14-8-6-5-7-13(14)17-4/h5-8H,9-12H2,1-3H3. The van der Waals surface area contributed by atoms with Crippen LogP contribution in [0.5, 0.6) is 0 Å². The lowest BCUT2D eigenvalue weighted by Gasteiger charge is -2.39. The molecule has 0 bridgehead atoms. The van der Waals surface area contributed by atoms with Crippen molar-refractivity contribution < 1.29 is 4.79 Å². The summed E-state index contributed by atoms with van der Waals surface area (Å²) in [6.45, 7) is 16.1. The highest BCUT2D eigenvalue weighted by Gasteiger charge is 2.29. The van der Waals surface area contributed by atoms with E-state index in [1.54, 1.807) is 0 Å². The Bertz CT molecular complexity index is 531. The summed E-state index contributed by atoms with van der Waals surface area (Å²) in [5.74, 6) is 0.204. The number of nitrogens with zero attached hydrogens (tertiary/aromatic N) is 3. The summed E-state index contributed by atoms with van der Waals surface area (Å²) in [6.07, 6.45) is 0. The lowest BCUT2D eigenvalue weighted by molar-refractivity contribution is -0.139. The summed E-state index contributed by atoms with van der Waals surface area (Å²) in [7, 11) is 0. The van der Waals surface area contributed by atoms with Crippen molar-refractivity contribution in [1.29, 1.82) is 0 Å². The zero-order valence-corrected chi connectivity index (χ0v) is 12.4. The van der Waals surface area contributed by atoms with Gasteiger partial charge in [-0.1, -0.05) is 39.0 Å². The van der Waals surface area contributed by atoms with Crippen LogP contribution in [0, 0.1) is 12.0 Å². The van der Waals surface area contributed by atoms with E-state index in [-0.39, 0.29) is 11.3 Å². The lowest BCUT2D eigenvalue weighted by Crippen LogP contribution is -2.51. The van der Waals surface area contributed by atoms with Crippen LogP contribution in [0.2, 0.25) is 0 Å². The average Bonchev–Trinajstić information content (AvgIpc) is 2.45. The van der Waals surface area contributed by atoms with E-state index in [2.05, 4.69) is 9.74 Å². The molecule has 0 saturated carbocycles. The van der Waals surface area contributed by atoms with Gasteiger partial charge in [0.2, 0.25) is 11.6 Å². The van der Waals surface area contributed by atoms with E-state index in [1.165, 1.54) is 0 Å². The Morgan fingerprint density at radius 3 is 2.30 bits per heavy atom. The maximum absolute atomic E-state index is 12.2. The highest BCUT2D eigenvalue weighted by Crippen LogP contribution is 2.29. The fourth-order valence-corrected chi connectivity index (χ4v) is 2.45. The summed E-state index contributed by atoms with van der Waals surface area (Å²) in [6, 6.07) is 7.66. The van der Waals surface area contributed by atoms with Crippen LogP contribution in [-0.2, 0) is 4.79 Å². The summed E-state index contributed by atoms with van der Waals surface area (Å²) >= 11 is 0. The van der Waals surface area contributed by atoms with Gasteiger partial charge in [0, 0.05) is 37.3 Å². The van der Waals surface area contributed by atoms with Crippen LogP contribution in [0.3, 0.4) is 0 Å². The molecule has 0 atom stereocenters. The van der Waals surface area contributed by atoms with E-state index in [0.29, 0.717) is 5.69 Å². The number of amides is 1. The Morgan fingerprint density at radius 1 is 1.15 bits per heavy atom. The largest absolute Gasteiger partial charge is 0.377 e. The molecule has 0 N–H and O–H groups in total.